The highest BCUT2D eigenvalue weighted by atomic mass is 19.3. The fourth-order valence-corrected chi connectivity index (χ4v) is 1.73. The first-order chi connectivity index (χ1) is 5.55. The second kappa shape index (κ2) is 3.66. The van der Waals surface area contributed by atoms with Crippen molar-refractivity contribution >= 4 is 0 Å². The first-order valence-electron chi connectivity index (χ1n) is 4.29. The van der Waals surface area contributed by atoms with Gasteiger partial charge in [-0.05, 0) is 18.8 Å². The summed E-state index contributed by atoms with van der Waals surface area (Å²) in [4.78, 5) is 0. The van der Waals surface area contributed by atoms with Gasteiger partial charge in [-0.3, -0.25) is 0 Å². The van der Waals surface area contributed by atoms with Gasteiger partial charge < -0.3 is 10.8 Å². The molecule has 0 spiro atoms. The average Bonchev–Trinajstić information content (AvgIpc) is 2.01. The summed E-state index contributed by atoms with van der Waals surface area (Å²) >= 11 is 0. The van der Waals surface area contributed by atoms with Crippen LogP contribution in [0.15, 0.2) is 0 Å². The summed E-state index contributed by atoms with van der Waals surface area (Å²) in [6.07, 6.45) is 1.05. The molecule has 0 saturated heterocycles. The molecule has 0 radical (unpaired) electrons. The molecule has 3 N–H and O–H groups in total. The van der Waals surface area contributed by atoms with Crippen molar-refractivity contribution in [2.45, 2.75) is 37.6 Å². The van der Waals surface area contributed by atoms with Gasteiger partial charge in [-0.25, -0.2) is 8.78 Å². The van der Waals surface area contributed by atoms with Gasteiger partial charge in [-0.1, -0.05) is 0 Å². The summed E-state index contributed by atoms with van der Waals surface area (Å²) in [6.45, 7) is -0.194. The van der Waals surface area contributed by atoms with E-state index >= 15 is 0 Å². The molecule has 2 nitrogen and oxygen atoms in total. The predicted molar refractivity (Wildman–Crippen MR) is 42.0 cm³/mol. The molecule has 0 aromatic rings. The number of alkyl halides is 2. The number of hydrogen-bond acceptors (Lipinski definition) is 2. The minimum absolute atomic E-state index is 0.0261. The lowest BCUT2D eigenvalue weighted by molar-refractivity contribution is -0.0584. The molecule has 0 aromatic heterocycles. The first-order valence-corrected chi connectivity index (χ1v) is 4.29. The van der Waals surface area contributed by atoms with Crippen LogP contribution in [0.2, 0.25) is 0 Å². The Kier molecular flexibility index (Phi) is 3.01. The Labute approximate surface area is 70.8 Å². The maximum atomic E-state index is 12.8. The van der Waals surface area contributed by atoms with Gasteiger partial charge in [-0.2, -0.15) is 0 Å². The molecule has 0 heterocycles. The van der Waals surface area contributed by atoms with Crippen LogP contribution in [-0.4, -0.2) is 23.7 Å². The largest absolute Gasteiger partial charge is 0.395 e. The fourth-order valence-electron chi connectivity index (χ4n) is 1.73. The molecular weight excluding hydrogens is 164 g/mol. The second-order valence-corrected chi connectivity index (χ2v) is 3.56. The highest BCUT2D eigenvalue weighted by Gasteiger charge is 2.38. The van der Waals surface area contributed by atoms with Crippen LogP contribution in [0.1, 0.15) is 25.7 Å². The van der Waals surface area contributed by atoms with E-state index in [1.807, 2.05) is 0 Å². The molecule has 1 saturated carbocycles. The molecule has 0 aromatic carbocycles. The highest BCUT2D eigenvalue weighted by molar-refractivity contribution is 4.83. The van der Waals surface area contributed by atoms with E-state index in [1.165, 1.54) is 0 Å². The van der Waals surface area contributed by atoms with Gasteiger partial charge in [0.05, 0.1) is 6.61 Å². The lowest BCUT2D eigenvalue weighted by atomic mass is 9.82. The average molecular weight is 179 g/mol. The van der Waals surface area contributed by atoms with Gasteiger partial charge in [0.1, 0.15) is 0 Å². The summed E-state index contributed by atoms with van der Waals surface area (Å²) in [7, 11) is 0. The smallest absolute Gasteiger partial charge is 0.248 e. The quantitative estimate of drug-likeness (QED) is 0.667. The summed E-state index contributed by atoms with van der Waals surface area (Å²) in [5.74, 6) is -2.77. The van der Waals surface area contributed by atoms with E-state index in [0.29, 0.717) is 6.42 Å². The molecule has 0 bridgehead atoms. The number of rotatable bonds is 2. The van der Waals surface area contributed by atoms with Gasteiger partial charge >= 0.3 is 0 Å². The fraction of sp³-hybridized carbons (Fsp3) is 1.00. The van der Waals surface area contributed by atoms with Crippen LogP contribution in [-0.2, 0) is 0 Å². The Morgan fingerprint density at radius 2 is 2.25 bits per heavy atom. The maximum absolute atomic E-state index is 12.8. The van der Waals surface area contributed by atoms with Crippen molar-refractivity contribution in [2.75, 3.05) is 6.61 Å². The van der Waals surface area contributed by atoms with Crippen LogP contribution >= 0.6 is 0 Å². The molecule has 1 unspecified atom stereocenters. The van der Waals surface area contributed by atoms with Gasteiger partial charge in [0.25, 0.3) is 0 Å². The van der Waals surface area contributed by atoms with E-state index in [4.69, 9.17) is 10.8 Å². The standard InChI is InChI=1S/C8H15F2NO/c9-8(10)3-1-2-6(4-8)7(11)5-12/h6-7,12H,1-5,11H2/t6?,7-/m1/s1. The summed E-state index contributed by atoms with van der Waals surface area (Å²) in [5, 5.41) is 8.69. The summed E-state index contributed by atoms with van der Waals surface area (Å²) in [6, 6.07) is -0.476. The Hall–Kier alpha value is -0.220. The van der Waals surface area contributed by atoms with E-state index in [1.54, 1.807) is 0 Å². The van der Waals surface area contributed by atoms with Gasteiger partial charge in [0.15, 0.2) is 0 Å². The lowest BCUT2D eigenvalue weighted by Gasteiger charge is -2.31. The summed E-state index contributed by atoms with van der Waals surface area (Å²) in [5.41, 5.74) is 5.49. The van der Waals surface area contributed by atoms with Crippen LogP contribution in [0.25, 0.3) is 0 Å². The van der Waals surface area contributed by atoms with Gasteiger partial charge in [0, 0.05) is 18.9 Å². The van der Waals surface area contributed by atoms with Crippen molar-refractivity contribution in [3.63, 3.8) is 0 Å². The van der Waals surface area contributed by atoms with Gasteiger partial charge in [0.2, 0.25) is 5.92 Å². The van der Waals surface area contributed by atoms with Gasteiger partial charge in [-0.15, -0.1) is 0 Å². The molecule has 12 heavy (non-hydrogen) atoms. The zero-order valence-corrected chi connectivity index (χ0v) is 6.97. The normalized spacial score (nSPS) is 31.5. The number of halogens is 2. The Balaban J connectivity index is 2.46. The molecule has 4 heteroatoms. The molecule has 1 fully saturated rings. The molecular formula is C8H15F2NO. The Bertz CT molecular complexity index is 152. The molecule has 2 atom stereocenters. The topological polar surface area (TPSA) is 46.2 Å². The molecule has 1 aliphatic rings. The number of aliphatic hydroxyl groups is 1. The van der Waals surface area contributed by atoms with Crippen LogP contribution in [0.5, 0.6) is 0 Å². The van der Waals surface area contributed by atoms with E-state index in [-0.39, 0.29) is 25.4 Å². The van der Waals surface area contributed by atoms with Crippen molar-refractivity contribution in [2.24, 2.45) is 11.7 Å². The maximum Gasteiger partial charge on any atom is 0.248 e. The SMILES string of the molecule is N[C@H](CO)C1CCCC(F)(F)C1. The number of hydrogen-bond donors (Lipinski definition) is 2. The van der Waals surface area contributed by atoms with Crippen molar-refractivity contribution in [3.05, 3.63) is 0 Å². The van der Waals surface area contributed by atoms with Crippen LogP contribution in [0.4, 0.5) is 8.78 Å². The molecule has 0 amide bonds. The third kappa shape index (κ3) is 2.38. The first kappa shape index (κ1) is 9.86. The predicted octanol–water partition coefficient (Wildman–Crippen LogP) is 1.13. The molecule has 1 rings (SSSR count). The zero-order valence-electron chi connectivity index (χ0n) is 6.97. The number of nitrogens with two attached hydrogens (primary N) is 1. The zero-order chi connectivity index (χ0) is 9.19. The van der Waals surface area contributed by atoms with Crippen molar-refractivity contribution in [3.8, 4) is 0 Å². The van der Waals surface area contributed by atoms with E-state index in [9.17, 15) is 8.78 Å². The van der Waals surface area contributed by atoms with Crippen molar-refractivity contribution < 1.29 is 13.9 Å². The van der Waals surface area contributed by atoms with Crippen LogP contribution in [0, 0.1) is 5.92 Å². The molecule has 0 aliphatic heterocycles. The van der Waals surface area contributed by atoms with Crippen LogP contribution < -0.4 is 5.73 Å². The third-order valence-corrected chi connectivity index (χ3v) is 2.49. The van der Waals surface area contributed by atoms with E-state index < -0.39 is 12.0 Å². The summed E-state index contributed by atoms with van der Waals surface area (Å²) < 4.78 is 25.6. The number of aliphatic hydroxyl groups excluding tert-OH is 1. The van der Waals surface area contributed by atoms with Crippen molar-refractivity contribution in [1.29, 1.82) is 0 Å². The minimum atomic E-state index is -2.56. The highest BCUT2D eigenvalue weighted by Crippen LogP contribution is 2.37. The minimum Gasteiger partial charge on any atom is -0.395 e. The molecule has 1 aliphatic carbocycles. The van der Waals surface area contributed by atoms with Crippen LogP contribution in [0.3, 0.4) is 0 Å². The lowest BCUT2D eigenvalue weighted by Crippen LogP contribution is -2.39. The Morgan fingerprint density at radius 1 is 1.58 bits per heavy atom. The van der Waals surface area contributed by atoms with E-state index in [2.05, 4.69) is 0 Å². The molecule has 72 valence electrons. The monoisotopic (exact) mass is 179 g/mol. The second-order valence-electron chi connectivity index (χ2n) is 3.56. The van der Waals surface area contributed by atoms with E-state index in [0.717, 1.165) is 6.42 Å². The Morgan fingerprint density at radius 3 is 2.75 bits per heavy atom. The van der Waals surface area contributed by atoms with Crippen molar-refractivity contribution in [1.82, 2.24) is 0 Å². The third-order valence-electron chi connectivity index (χ3n) is 2.49.